The van der Waals surface area contributed by atoms with Gasteiger partial charge in [-0.2, -0.15) is 10.2 Å². The number of aromatic nitrogens is 4. The van der Waals surface area contributed by atoms with Gasteiger partial charge in [0.15, 0.2) is 0 Å². The molecular formula is C19H25N5O2. The number of hydrogen-bond donors (Lipinski definition) is 0. The molecular weight excluding hydrogens is 330 g/mol. The minimum atomic E-state index is -0.0120. The van der Waals surface area contributed by atoms with Crippen LogP contribution in [0.3, 0.4) is 0 Å². The van der Waals surface area contributed by atoms with E-state index in [0.29, 0.717) is 25.8 Å². The SMILES string of the molecule is O=c1cc2c(nn1CC1CCCN1Cc1cc3n(n1)CCC3)CCOC2. The first-order chi connectivity index (χ1) is 12.8. The highest BCUT2D eigenvalue weighted by Crippen LogP contribution is 2.23. The number of likely N-dealkylation sites (tertiary alicyclic amines) is 1. The Morgan fingerprint density at radius 1 is 1.15 bits per heavy atom. The van der Waals surface area contributed by atoms with Gasteiger partial charge in [-0.05, 0) is 38.3 Å². The monoisotopic (exact) mass is 355 g/mol. The van der Waals surface area contributed by atoms with E-state index in [0.717, 1.165) is 55.8 Å². The molecule has 1 saturated heterocycles. The average Bonchev–Trinajstić information content (AvgIpc) is 3.33. The maximum atomic E-state index is 12.4. The molecule has 0 amide bonds. The second kappa shape index (κ2) is 6.63. The molecule has 138 valence electrons. The first-order valence-corrected chi connectivity index (χ1v) is 9.73. The van der Waals surface area contributed by atoms with Gasteiger partial charge in [-0.1, -0.05) is 0 Å². The van der Waals surface area contributed by atoms with E-state index in [9.17, 15) is 4.79 Å². The van der Waals surface area contributed by atoms with Crippen molar-refractivity contribution in [1.29, 1.82) is 0 Å². The third-order valence-corrected chi connectivity index (χ3v) is 5.87. The molecule has 0 bridgehead atoms. The van der Waals surface area contributed by atoms with E-state index in [1.807, 2.05) is 0 Å². The van der Waals surface area contributed by atoms with Crippen molar-refractivity contribution in [3.05, 3.63) is 45.1 Å². The van der Waals surface area contributed by atoms with Gasteiger partial charge in [-0.3, -0.25) is 14.4 Å². The van der Waals surface area contributed by atoms with Gasteiger partial charge in [0.1, 0.15) is 0 Å². The molecule has 5 rings (SSSR count). The minimum absolute atomic E-state index is 0.0120. The predicted octanol–water partition coefficient (Wildman–Crippen LogP) is 1.12. The molecule has 1 atom stereocenters. The van der Waals surface area contributed by atoms with E-state index in [-0.39, 0.29) is 5.56 Å². The second-order valence-electron chi connectivity index (χ2n) is 7.66. The summed E-state index contributed by atoms with van der Waals surface area (Å²) in [7, 11) is 0. The van der Waals surface area contributed by atoms with E-state index in [1.54, 1.807) is 10.7 Å². The van der Waals surface area contributed by atoms with Crippen molar-refractivity contribution in [3.8, 4) is 0 Å². The van der Waals surface area contributed by atoms with Crippen molar-refractivity contribution in [2.75, 3.05) is 13.2 Å². The van der Waals surface area contributed by atoms with Crippen molar-refractivity contribution in [2.24, 2.45) is 0 Å². The van der Waals surface area contributed by atoms with Gasteiger partial charge >= 0.3 is 0 Å². The average molecular weight is 355 g/mol. The Morgan fingerprint density at radius 2 is 2.12 bits per heavy atom. The van der Waals surface area contributed by atoms with Crippen LogP contribution in [0.25, 0.3) is 0 Å². The normalized spacial score (nSPS) is 22.5. The molecule has 2 aromatic heterocycles. The molecule has 5 heterocycles. The number of fused-ring (bicyclic) bond motifs is 2. The quantitative estimate of drug-likeness (QED) is 0.822. The van der Waals surface area contributed by atoms with Crippen LogP contribution in [0.2, 0.25) is 0 Å². The fourth-order valence-electron chi connectivity index (χ4n) is 4.50. The highest BCUT2D eigenvalue weighted by atomic mass is 16.5. The van der Waals surface area contributed by atoms with Crippen LogP contribution in [-0.2, 0) is 43.8 Å². The predicted molar refractivity (Wildman–Crippen MR) is 95.8 cm³/mol. The molecule has 0 saturated carbocycles. The number of nitrogens with zero attached hydrogens (tertiary/aromatic N) is 5. The number of aryl methyl sites for hydroxylation is 2. The molecule has 0 N–H and O–H groups in total. The van der Waals surface area contributed by atoms with Crippen LogP contribution < -0.4 is 5.56 Å². The van der Waals surface area contributed by atoms with E-state index in [4.69, 9.17) is 9.84 Å². The molecule has 1 fully saturated rings. The summed E-state index contributed by atoms with van der Waals surface area (Å²) < 4.78 is 9.25. The molecule has 0 spiro atoms. The summed E-state index contributed by atoms with van der Waals surface area (Å²) >= 11 is 0. The van der Waals surface area contributed by atoms with E-state index in [1.165, 1.54) is 18.5 Å². The summed E-state index contributed by atoms with van der Waals surface area (Å²) in [5, 5.41) is 9.38. The Balaban J connectivity index is 1.32. The van der Waals surface area contributed by atoms with E-state index in [2.05, 4.69) is 20.7 Å². The Bertz CT molecular complexity index is 850. The van der Waals surface area contributed by atoms with Gasteiger partial charge in [-0.25, -0.2) is 4.68 Å². The second-order valence-corrected chi connectivity index (χ2v) is 7.66. The molecule has 2 aromatic rings. The van der Waals surface area contributed by atoms with Crippen LogP contribution in [0.4, 0.5) is 0 Å². The first-order valence-electron chi connectivity index (χ1n) is 9.73. The van der Waals surface area contributed by atoms with Gasteiger partial charge in [-0.15, -0.1) is 0 Å². The van der Waals surface area contributed by atoms with Crippen LogP contribution in [0.5, 0.6) is 0 Å². The van der Waals surface area contributed by atoms with Crippen LogP contribution in [0.15, 0.2) is 16.9 Å². The molecule has 3 aliphatic heterocycles. The molecule has 7 nitrogen and oxygen atoms in total. The lowest BCUT2D eigenvalue weighted by Gasteiger charge is -2.24. The summed E-state index contributed by atoms with van der Waals surface area (Å²) in [6.07, 6.45) is 5.44. The van der Waals surface area contributed by atoms with Crippen molar-refractivity contribution < 1.29 is 4.74 Å². The molecule has 0 aromatic carbocycles. The fraction of sp³-hybridized carbons (Fsp3) is 0.632. The molecule has 7 heteroatoms. The van der Waals surface area contributed by atoms with Gasteiger partial charge in [0, 0.05) is 42.9 Å². The van der Waals surface area contributed by atoms with Crippen molar-refractivity contribution >= 4 is 0 Å². The van der Waals surface area contributed by atoms with Gasteiger partial charge in [0.2, 0.25) is 0 Å². The van der Waals surface area contributed by atoms with Gasteiger partial charge in [0.05, 0.1) is 31.1 Å². The third kappa shape index (κ3) is 2.99. The molecule has 1 unspecified atom stereocenters. The lowest BCUT2D eigenvalue weighted by molar-refractivity contribution is 0.107. The van der Waals surface area contributed by atoms with Crippen molar-refractivity contribution in [2.45, 2.75) is 64.4 Å². The van der Waals surface area contributed by atoms with Crippen LogP contribution in [0.1, 0.15) is 41.9 Å². The van der Waals surface area contributed by atoms with Crippen molar-refractivity contribution in [3.63, 3.8) is 0 Å². The Morgan fingerprint density at radius 3 is 3.04 bits per heavy atom. The molecule has 26 heavy (non-hydrogen) atoms. The summed E-state index contributed by atoms with van der Waals surface area (Å²) in [5.74, 6) is 0. The minimum Gasteiger partial charge on any atom is -0.376 e. The lowest BCUT2D eigenvalue weighted by Crippen LogP contribution is -2.37. The first kappa shape index (κ1) is 16.2. The summed E-state index contributed by atoms with van der Waals surface area (Å²) in [5.41, 5.74) is 4.49. The Hall–Kier alpha value is -1.99. The molecule has 0 aliphatic carbocycles. The third-order valence-electron chi connectivity index (χ3n) is 5.87. The zero-order chi connectivity index (χ0) is 17.5. The summed E-state index contributed by atoms with van der Waals surface area (Å²) in [4.78, 5) is 14.9. The highest BCUT2D eigenvalue weighted by molar-refractivity contribution is 5.19. The Kier molecular flexibility index (Phi) is 4.13. The van der Waals surface area contributed by atoms with Crippen LogP contribution in [-0.4, -0.2) is 43.7 Å². The topological polar surface area (TPSA) is 65.2 Å². The van der Waals surface area contributed by atoms with E-state index < -0.39 is 0 Å². The zero-order valence-corrected chi connectivity index (χ0v) is 15.1. The smallest absolute Gasteiger partial charge is 0.267 e. The Labute approximate surface area is 152 Å². The number of ether oxygens (including phenoxy) is 1. The number of hydrogen-bond acceptors (Lipinski definition) is 5. The maximum Gasteiger partial charge on any atom is 0.267 e. The van der Waals surface area contributed by atoms with Crippen LogP contribution >= 0.6 is 0 Å². The maximum absolute atomic E-state index is 12.4. The van der Waals surface area contributed by atoms with E-state index >= 15 is 0 Å². The van der Waals surface area contributed by atoms with Crippen molar-refractivity contribution in [1.82, 2.24) is 24.5 Å². The molecule has 3 aliphatic rings. The summed E-state index contributed by atoms with van der Waals surface area (Å²) in [6, 6.07) is 4.32. The zero-order valence-electron chi connectivity index (χ0n) is 15.1. The number of rotatable bonds is 4. The fourth-order valence-corrected chi connectivity index (χ4v) is 4.50. The summed E-state index contributed by atoms with van der Waals surface area (Å²) in [6.45, 7) is 4.87. The molecule has 0 radical (unpaired) electrons. The lowest BCUT2D eigenvalue weighted by atomic mass is 10.1. The van der Waals surface area contributed by atoms with Crippen LogP contribution in [0, 0.1) is 0 Å². The standard InChI is InChI=1S/C19H25N5O2/c25-19-9-14-13-26-8-5-18(14)21-24(19)12-17-4-1-6-22(17)11-15-10-16-3-2-7-23(16)20-15/h9-10,17H,1-8,11-13H2. The highest BCUT2D eigenvalue weighted by Gasteiger charge is 2.27. The van der Waals surface area contributed by atoms with Gasteiger partial charge in [0.25, 0.3) is 5.56 Å². The van der Waals surface area contributed by atoms with Gasteiger partial charge < -0.3 is 4.74 Å². The largest absolute Gasteiger partial charge is 0.376 e.